The number of hydrogen-bond acceptors (Lipinski definition) is 4. The number of fused-ring (bicyclic) bond motifs is 1. The van der Waals surface area contributed by atoms with Crippen LogP contribution >= 0.6 is 0 Å². The van der Waals surface area contributed by atoms with E-state index in [1.165, 1.54) is 0 Å². The van der Waals surface area contributed by atoms with Crippen LogP contribution in [0.5, 0.6) is 5.88 Å². The monoisotopic (exact) mass is 163 g/mol. The zero-order chi connectivity index (χ0) is 8.55. The highest BCUT2D eigenvalue weighted by molar-refractivity contribution is 5.91. The first-order valence-electron chi connectivity index (χ1n) is 3.32. The maximum absolute atomic E-state index is 10.2. The van der Waals surface area contributed by atoms with Gasteiger partial charge in [-0.05, 0) is 17.3 Å². The minimum absolute atomic E-state index is 0.0121. The second-order valence-electron chi connectivity index (χ2n) is 2.31. The molecule has 12 heavy (non-hydrogen) atoms. The SMILES string of the molecule is O=Nc1c(O)[nH]c2ncccc12. The molecule has 0 fully saturated rings. The maximum atomic E-state index is 10.2. The average molecular weight is 163 g/mol. The molecule has 0 atom stereocenters. The van der Waals surface area contributed by atoms with E-state index in [0.29, 0.717) is 11.0 Å². The largest absolute Gasteiger partial charge is 0.493 e. The second kappa shape index (κ2) is 2.30. The fourth-order valence-corrected chi connectivity index (χ4v) is 1.09. The van der Waals surface area contributed by atoms with Gasteiger partial charge in [0.2, 0.25) is 5.88 Å². The number of pyridine rings is 1. The van der Waals surface area contributed by atoms with Gasteiger partial charge < -0.3 is 10.1 Å². The highest BCUT2D eigenvalue weighted by Gasteiger charge is 2.10. The number of nitrogens with one attached hydrogen (secondary N) is 1. The summed E-state index contributed by atoms with van der Waals surface area (Å²) in [4.78, 5) is 16.7. The van der Waals surface area contributed by atoms with Crippen molar-refractivity contribution in [3.8, 4) is 5.88 Å². The molecular formula is C7H5N3O2. The summed E-state index contributed by atoms with van der Waals surface area (Å²) in [5.41, 5.74) is 0.475. The molecule has 0 spiro atoms. The van der Waals surface area contributed by atoms with E-state index in [4.69, 9.17) is 5.11 Å². The van der Waals surface area contributed by atoms with Gasteiger partial charge in [-0.15, -0.1) is 4.91 Å². The number of hydrogen-bond donors (Lipinski definition) is 2. The molecule has 0 amide bonds. The lowest BCUT2D eigenvalue weighted by Gasteiger charge is -1.84. The smallest absolute Gasteiger partial charge is 0.221 e. The van der Waals surface area contributed by atoms with Crippen LogP contribution in [0.2, 0.25) is 0 Å². The number of aromatic hydroxyl groups is 1. The highest BCUT2D eigenvalue weighted by Crippen LogP contribution is 2.33. The van der Waals surface area contributed by atoms with Gasteiger partial charge in [-0.3, -0.25) is 0 Å². The van der Waals surface area contributed by atoms with Crippen LogP contribution in [-0.2, 0) is 0 Å². The Kier molecular flexibility index (Phi) is 1.30. The zero-order valence-corrected chi connectivity index (χ0v) is 5.98. The van der Waals surface area contributed by atoms with Gasteiger partial charge in [-0.25, -0.2) is 4.98 Å². The van der Waals surface area contributed by atoms with Gasteiger partial charge in [0, 0.05) is 6.20 Å². The molecule has 2 heterocycles. The van der Waals surface area contributed by atoms with Crippen LogP contribution in [0.15, 0.2) is 23.5 Å². The maximum Gasteiger partial charge on any atom is 0.221 e. The van der Waals surface area contributed by atoms with E-state index in [9.17, 15) is 4.91 Å². The number of nitroso groups, excluding NO2 is 1. The molecule has 2 N–H and O–H groups in total. The van der Waals surface area contributed by atoms with E-state index in [1.807, 2.05) is 0 Å². The minimum Gasteiger partial charge on any atom is -0.493 e. The zero-order valence-electron chi connectivity index (χ0n) is 5.98. The van der Waals surface area contributed by atoms with Crippen molar-refractivity contribution in [1.29, 1.82) is 0 Å². The predicted molar refractivity (Wildman–Crippen MR) is 43.2 cm³/mol. The Morgan fingerprint density at radius 2 is 2.42 bits per heavy atom. The van der Waals surface area contributed by atoms with E-state index >= 15 is 0 Å². The van der Waals surface area contributed by atoms with E-state index in [-0.39, 0.29) is 11.6 Å². The number of rotatable bonds is 1. The molecule has 0 saturated carbocycles. The molecule has 2 aromatic rings. The molecule has 0 saturated heterocycles. The fraction of sp³-hybridized carbons (Fsp3) is 0. The van der Waals surface area contributed by atoms with Gasteiger partial charge in [0.25, 0.3) is 0 Å². The van der Waals surface area contributed by atoms with Crippen molar-refractivity contribution >= 4 is 16.7 Å². The van der Waals surface area contributed by atoms with E-state index in [1.54, 1.807) is 18.3 Å². The van der Waals surface area contributed by atoms with E-state index in [0.717, 1.165) is 0 Å². The molecule has 0 aliphatic carbocycles. The normalized spacial score (nSPS) is 10.3. The number of aromatic amines is 1. The minimum atomic E-state index is -0.237. The molecule has 0 radical (unpaired) electrons. The molecule has 0 aliphatic heterocycles. The number of nitrogens with zero attached hydrogens (tertiary/aromatic N) is 2. The third-order valence-corrected chi connectivity index (χ3v) is 1.62. The Balaban J connectivity index is 2.90. The Bertz CT molecular complexity index is 435. The van der Waals surface area contributed by atoms with Gasteiger partial charge in [0.1, 0.15) is 5.65 Å². The molecule has 2 rings (SSSR count). The van der Waals surface area contributed by atoms with Crippen LogP contribution < -0.4 is 0 Å². The van der Waals surface area contributed by atoms with E-state index in [2.05, 4.69) is 15.1 Å². The van der Waals surface area contributed by atoms with Crippen molar-refractivity contribution in [2.45, 2.75) is 0 Å². The quantitative estimate of drug-likeness (QED) is 0.627. The number of H-pyrrole nitrogens is 1. The van der Waals surface area contributed by atoms with Crippen LogP contribution in [0.1, 0.15) is 0 Å². The van der Waals surface area contributed by atoms with Crippen LogP contribution in [0, 0.1) is 4.91 Å². The lowest BCUT2D eigenvalue weighted by Crippen LogP contribution is -1.71. The van der Waals surface area contributed by atoms with Crippen molar-refractivity contribution in [3.63, 3.8) is 0 Å². The first-order chi connectivity index (χ1) is 5.83. The number of aromatic nitrogens is 2. The standard InChI is InChI=1S/C7H5N3O2/c11-7-5(10-12)4-2-1-3-8-6(4)9-7/h1-3,11H,(H,8,9). The summed E-state index contributed by atoms with van der Waals surface area (Å²) >= 11 is 0. The van der Waals surface area contributed by atoms with Gasteiger partial charge in [-0.2, -0.15) is 0 Å². The van der Waals surface area contributed by atoms with Crippen LogP contribution in [0.25, 0.3) is 11.0 Å². The molecule has 2 aromatic heterocycles. The topological polar surface area (TPSA) is 78.3 Å². The Hall–Kier alpha value is -1.91. The lowest BCUT2D eigenvalue weighted by molar-refractivity contribution is 0.459. The first-order valence-corrected chi connectivity index (χ1v) is 3.32. The summed E-state index contributed by atoms with van der Waals surface area (Å²) in [6.07, 6.45) is 1.56. The van der Waals surface area contributed by atoms with Crippen molar-refractivity contribution in [2.75, 3.05) is 0 Å². The second-order valence-corrected chi connectivity index (χ2v) is 2.31. The summed E-state index contributed by atoms with van der Waals surface area (Å²) in [6, 6.07) is 3.33. The van der Waals surface area contributed by atoms with Crippen LogP contribution in [0.3, 0.4) is 0 Å². The van der Waals surface area contributed by atoms with Gasteiger partial charge in [0.15, 0.2) is 5.69 Å². The molecule has 0 aromatic carbocycles. The summed E-state index contributed by atoms with van der Waals surface area (Å²) in [5, 5.41) is 12.4. The summed E-state index contributed by atoms with van der Waals surface area (Å²) in [7, 11) is 0. The molecule has 5 heteroatoms. The molecule has 0 bridgehead atoms. The fourth-order valence-electron chi connectivity index (χ4n) is 1.09. The average Bonchev–Trinajstić information content (AvgIpc) is 2.40. The molecule has 0 unspecified atom stereocenters. The van der Waals surface area contributed by atoms with Crippen molar-refractivity contribution in [2.24, 2.45) is 5.18 Å². The van der Waals surface area contributed by atoms with Crippen molar-refractivity contribution in [1.82, 2.24) is 9.97 Å². The van der Waals surface area contributed by atoms with E-state index < -0.39 is 0 Å². The van der Waals surface area contributed by atoms with Gasteiger partial charge >= 0.3 is 0 Å². The molecule has 60 valence electrons. The first kappa shape index (κ1) is 6.78. The van der Waals surface area contributed by atoms with Gasteiger partial charge in [-0.1, -0.05) is 0 Å². The molecule has 5 nitrogen and oxygen atoms in total. The Morgan fingerprint density at radius 3 is 3.17 bits per heavy atom. The summed E-state index contributed by atoms with van der Waals surface area (Å²) in [6.45, 7) is 0. The predicted octanol–water partition coefficient (Wildman–Crippen LogP) is 1.67. The Labute approximate surface area is 67.0 Å². The van der Waals surface area contributed by atoms with Crippen molar-refractivity contribution < 1.29 is 5.11 Å². The van der Waals surface area contributed by atoms with Crippen molar-refractivity contribution in [3.05, 3.63) is 23.2 Å². The summed E-state index contributed by atoms with van der Waals surface area (Å²) in [5.74, 6) is -0.237. The van der Waals surface area contributed by atoms with Crippen LogP contribution in [-0.4, -0.2) is 15.1 Å². The van der Waals surface area contributed by atoms with Crippen LogP contribution in [0.4, 0.5) is 5.69 Å². The third-order valence-electron chi connectivity index (χ3n) is 1.62. The summed E-state index contributed by atoms with van der Waals surface area (Å²) < 4.78 is 0. The highest BCUT2D eigenvalue weighted by atomic mass is 16.3. The lowest BCUT2D eigenvalue weighted by atomic mass is 10.3. The Morgan fingerprint density at radius 1 is 1.58 bits per heavy atom. The molecule has 0 aliphatic rings. The van der Waals surface area contributed by atoms with Gasteiger partial charge in [0.05, 0.1) is 5.39 Å². The third kappa shape index (κ3) is 0.763. The molecular weight excluding hydrogens is 158 g/mol.